The minimum atomic E-state index is 0.753. The maximum atomic E-state index is 5.77. The number of hydrogen-bond acceptors (Lipinski definition) is 4. The van der Waals surface area contributed by atoms with Gasteiger partial charge in [0.25, 0.3) is 0 Å². The van der Waals surface area contributed by atoms with Gasteiger partial charge in [-0.15, -0.1) is 11.3 Å². The highest BCUT2D eigenvalue weighted by Gasteiger charge is 2.04. The van der Waals surface area contributed by atoms with Gasteiger partial charge in [-0.2, -0.15) is 0 Å². The Morgan fingerprint density at radius 2 is 2.12 bits per heavy atom. The van der Waals surface area contributed by atoms with E-state index in [9.17, 15) is 0 Å². The molecule has 0 amide bonds. The zero-order chi connectivity index (χ0) is 11.7. The summed E-state index contributed by atoms with van der Waals surface area (Å²) in [7, 11) is 0. The zero-order valence-corrected chi connectivity index (χ0v) is 10.6. The Morgan fingerprint density at radius 1 is 1.18 bits per heavy atom. The van der Waals surface area contributed by atoms with Crippen LogP contribution in [0.15, 0.2) is 57.1 Å². The van der Waals surface area contributed by atoms with Gasteiger partial charge < -0.3 is 5.73 Å². The lowest BCUT2D eigenvalue weighted by Crippen LogP contribution is -1.86. The van der Waals surface area contributed by atoms with Crippen LogP contribution in [0.25, 0.3) is 10.9 Å². The number of nitrogen functional groups attached to an aromatic ring is 1. The Labute approximate surface area is 107 Å². The summed E-state index contributed by atoms with van der Waals surface area (Å²) in [6.07, 6.45) is 1.83. The van der Waals surface area contributed by atoms with Crippen LogP contribution in [-0.2, 0) is 0 Å². The number of rotatable bonds is 2. The number of thiophene rings is 1. The molecular weight excluding hydrogens is 248 g/mol. The summed E-state index contributed by atoms with van der Waals surface area (Å²) in [5.74, 6) is 0. The fourth-order valence-corrected chi connectivity index (χ4v) is 3.51. The van der Waals surface area contributed by atoms with E-state index in [2.05, 4.69) is 22.5 Å². The van der Waals surface area contributed by atoms with Gasteiger partial charge in [0, 0.05) is 22.2 Å². The van der Waals surface area contributed by atoms with Gasteiger partial charge >= 0.3 is 0 Å². The molecule has 0 fully saturated rings. The maximum absolute atomic E-state index is 5.77. The second-order valence-electron chi connectivity index (χ2n) is 3.62. The second kappa shape index (κ2) is 4.39. The molecule has 4 heteroatoms. The van der Waals surface area contributed by atoms with Gasteiger partial charge in [0.2, 0.25) is 0 Å². The number of anilines is 1. The molecule has 17 heavy (non-hydrogen) atoms. The Balaban J connectivity index is 2.10. The average Bonchev–Trinajstić information content (AvgIpc) is 2.82. The van der Waals surface area contributed by atoms with Crippen LogP contribution in [0.3, 0.4) is 0 Å². The highest BCUT2D eigenvalue weighted by molar-refractivity contribution is 8.01. The van der Waals surface area contributed by atoms with Gasteiger partial charge in [-0.3, -0.25) is 4.98 Å². The number of nitrogens with zero attached hydrogens (tertiary/aromatic N) is 1. The number of hydrogen-bond donors (Lipinski definition) is 1. The van der Waals surface area contributed by atoms with Crippen molar-refractivity contribution in [3.63, 3.8) is 0 Å². The molecule has 0 spiro atoms. The van der Waals surface area contributed by atoms with E-state index >= 15 is 0 Å². The van der Waals surface area contributed by atoms with Gasteiger partial charge in [0.15, 0.2) is 0 Å². The van der Waals surface area contributed by atoms with Crippen molar-refractivity contribution >= 4 is 39.7 Å². The quantitative estimate of drug-likeness (QED) is 0.705. The second-order valence-corrected chi connectivity index (χ2v) is 5.91. The summed E-state index contributed by atoms with van der Waals surface area (Å²) >= 11 is 3.51. The van der Waals surface area contributed by atoms with Gasteiger partial charge in [-0.05, 0) is 35.7 Å². The van der Waals surface area contributed by atoms with Crippen LogP contribution < -0.4 is 5.73 Å². The largest absolute Gasteiger partial charge is 0.399 e. The average molecular weight is 258 g/mol. The fraction of sp³-hybridized carbons (Fsp3) is 0. The number of benzene rings is 1. The topological polar surface area (TPSA) is 38.9 Å². The number of pyridine rings is 1. The summed E-state index contributed by atoms with van der Waals surface area (Å²) < 4.78 is 1.29. The molecule has 0 radical (unpaired) electrons. The monoisotopic (exact) mass is 258 g/mol. The minimum Gasteiger partial charge on any atom is -0.399 e. The van der Waals surface area contributed by atoms with E-state index in [1.54, 1.807) is 23.1 Å². The Morgan fingerprint density at radius 3 is 2.94 bits per heavy atom. The van der Waals surface area contributed by atoms with Crippen molar-refractivity contribution < 1.29 is 0 Å². The molecule has 0 aliphatic rings. The molecule has 84 valence electrons. The van der Waals surface area contributed by atoms with Crippen LogP contribution in [0.4, 0.5) is 5.69 Å². The molecule has 1 aromatic carbocycles. The molecule has 2 aromatic heterocycles. The van der Waals surface area contributed by atoms with Gasteiger partial charge in [0.05, 0.1) is 9.73 Å². The lowest BCUT2D eigenvalue weighted by Gasteiger charge is -2.04. The van der Waals surface area contributed by atoms with E-state index in [0.717, 1.165) is 16.6 Å². The fourth-order valence-electron chi connectivity index (χ4n) is 1.66. The summed E-state index contributed by atoms with van der Waals surface area (Å²) in [4.78, 5) is 5.56. The van der Waals surface area contributed by atoms with Gasteiger partial charge in [-0.1, -0.05) is 17.8 Å². The van der Waals surface area contributed by atoms with Crippen molar-refractivity contribution in [3.05, 3.63) is 48.0 Å². The summed E-state index contributed by atoms with van der Waals surface area (Å²) in [5, 5.41) is 3.24. The minimum absolute atomic E-state index is 0.753. The SMILES string of the molecule is Nc1ccc2c(Sc3cccs3)ccnc2c1. The first-order valence-electron chi connectivity index (χ1n) is 5.18. The molecule has 0 saturated heterocycles. The van der Waals surface area contributed by atoms with E-state index < -0.39 is 0 Å². The van der Waals surface area contributed by atoms with Crippen molar-refractivity contribution in [2.45, 2.75) is 9.10 Å². The first-order chi connectivity index (χ1) is 8.33. The Kier molecular flexibility index (Phi) is 2.74. The summed E-state index contributed by atoms with van der Waals surface area (Å²) in [6.45, 7) is 0. The standard InChI is InChI=1S/C13H10N2S2/c14-9-3-4-10-11(8-9)15-6-5-12(10)17-13-2-1-7-16-13/h1-8H,14H2. The highest BCUT2D eigenvalue weighted by atomic mass is 32.2. The van der Waals surface area contributed by atoms with Crippen LogP contribution in [0.2, 0.25) is 0 Å². The Hall–Kier alpha value is -1.52. The van der Waals surface area contributed by atoms with Crippen molar-refractivity contribution in [3.8, 4) is 0 Å². The van der Waals surface area contributed by atoms with Crippen molar-refractivity contribution in [2.75, 3.05) is 5.73 Å². The van der Waals surface area contributed by atoms with Crippen molar-refractivity contribution in [2.24, 2.45) is 0 Å². The van der Waals surface area contributed by atoms with Crippen molar-refractivity contribution in [1.29, 1.82) is 0 Å². The summed E-state index contributed by atoms with van der Waals surface area (Å²) in [5.41, 5.74) is 7.47. The molecule has 0 aliphatic carbocycles. The Bertz CT molecular complexity index is 648. The van der Waals surface area contributed by atoms with Gasteiger partial charge in [-0.25, -0.2) is 0 Å². The van der Waals surface area contributed by atoms with E-state index in [1.165, 1.54) is 9.10 Å². The maximum Gasteiger partial charge on any atom is 0.0733 e. The van der Waals surface area contributed by atoms with E-state index in [1.807, 2.05) is 30.5 Å². The predicted octanol–water partition coefficient (Wildman–Crippen LogP) is 4.03. The lowest BCUT2D eigenvalue weighted by molar-refractivity contribution is 1.35. The molecule has 0 unspecified atom stereocenters. The molecule has 0 saturated carbocycles. The molecule has 2 heterocycles. The lowest BCUT2D eigenvalue weighted by atomic mass is 10.2. The van der Waals surface area contributed by atoms with E-state index in [0.29, 0.717) is 0 Å². The van der Waals surface area contributed by atoms with Crippen LogP contribution in [-0.4, -0.2) is 4.98 Å². The molecule has 2 N–H and O–H groups in total. The normalized spacial score (nSPS) is 10.8. The molecule has 3 rings (SSSR count). The summed E-state index contributed by atoms with van der Waals surface area (Å²) in [6, 6.07) is 12.1. The third-order valence-electron chi connectivity index (χ3n) is 2.43. The first-order valence-corrected chi connectivity index (χ1v) is 6.88. The van der Waals surface area contributed by atoms with Crippen LogP contribution in [0.1, 0.15) is 0 Å². The van der Waals surface area contributed by atoms with E-state index in [-0.39, 0.29) is 0 Å². The molecule has 3 aromatic rings. The van der Waals surface area contributed by atoms with Crippen LogP contribution >= 0.6 is 23.1 Å². The molecule has 0 bridgehead atoms. The third kappa shape index (κ3) is 2.14. The zero-order valence-electron chi connectivity index (χ0n) is 8.96. The molecular formula is C13H10N2S2. The van der Waals surface area contributed by atoms with Crippen LogP contribution in [0, 0.1) is 0 Å². The number of nitrogens with two attached hydrogens (primary N) is 1. The number of fused-ring (bicyclic) bond motifs is 1. The molecule has 2 nitrogen and oxygen atoms in total. The molecule has 0 aliphatic heterocycles. The van der Waals surface area contributed by atoms with Crippen molar-refractivity contribution in [1.82, 2.24) is 4.98 Å². The highest BCUT2D eigenvalue weighted by Crippen LogP contribution is 2.35. The third-order valence-corrected chi connectivity index (χ3v) is 4.55. The molecule has 0 atom stereocenters. The smallest absolute Gasteiger partial charge is 0.0733 e. The van der Waals surface area contributed by atoms with Gasteiger partial charge in [0.1, 0.15) is 0 Å². The van der Waals surface area contributed by atoms with Crippen LogP contribution in [0.5, 0.6) is 0 Å². The van der Waals surface area contributed by atoms with E-state index in [4.69, 9.17) is 5.73 Å². The number of aromatic nitrogens is 1. The predicted molar refractivity (Wildman–Crippen MR) is 74.6 cm³/mol. The first kappa shape index (κ1) is 10.6.